The van der Waals surface area contributed by atoms with E-state index in [0.717, 1.165) is 44.5 Å². The van der Waals surface area contributed by atoms with Gasteiger partial charge in [-0.3, -0.25) is 10.1 Å². The van der Waals surface area contributed by atoms with Crippen LogP contribution in [0.5, 0.6) is 0 Å². The summed E-state index contributed by atoms with van der Waals surface area (Å²) < 4.78 is 6.00. The Morgan fingerprint density at radius 3 is 2.88 bits per heavy atom. The Kier molecular flexibility index (Phi) is 3.95. The zero-order chi connectivity index (χ0) is 16.7. The van der Waals surface area contributed by atoms with Gasteiger partial charge in [-0.15, -0.1) is 0 Å². The second kappa shape index (κ2) is 6.12. The van der Waals surface area contributed by atoms with Crippen molar-refractivity contribution >= 4 is 27.4 Å². The second-order valence-corrected chi connectivity index (χ2v) is 7.08. The highest BCUT2D eigenvalue weighted by Gasteiger charge is 2.34. The van der Waals surface area contributed by atoms with Crippen LogP contribution in [0.4, 0.5) is 11.5 Å². The molecule has 1 saturated carbocycles. The molecule has 0 bridgehead atoms. The second-order valence-electron chi connectivity index (χ2n) is 6.23. The summed E-state index contributed by atoms with van der Waals surface area (Å²) in [5.74, 6) is 2.52. The van der Waals surface area contributed by atoms with Crippen LogP contribution >= 0.6 is 15.9 Å². The van der Waals surface area contributed by atoms with Gasteiger partial charge in [0.2, 0.25) is 5.89 Å². The molecule has 1 aliphatic heterocycles. The fraction of sp³-hybridized carbons (Fsp3) is 0.533. The quantitative estimate of drug-likeness (QED) is 0.575. The van der Waals surface area contributed by atoms with Gasteiger partial charge in [0.15, 0.2) is 5.82 Å². The van der Waals surface area contributed by atoms with Crippen molar-refractivity contribution in [3.63, 3.8) is 0 Å². The number of rotatable bonds is 4. The third-order valence-corrected chi connectivity index (χ3v) is 5.06. The predicted octanol–water partition coefficient (Wildman–Crippen LogP) is 3.74. The number of nitro groups is 1. The van der Waals surface area contributed by atoms with Gasteiger partial charge in [0, 0.05) is 18.5 Å². The molecule has 24 heavy (non-hydrogen) atoms. The van der Waals surface area contributed by atoms with Crippen LogP contribution in [0.3, 0.4) is 0 Å². The Morgan fingerprint density at radius 1 is 1.33 bits per heavy atom. The van der Waals surface area contributed by atoms with E-state index in [2.05, 4.69) is 36.0 Å². The summed E-state index contributed by atoms with van der Waals surface area (Å²) in [5, 5.41) is 15.1. The van der Waals surface area contributed by atoms with Crippen LogP contribution < -0.4 is 4.90 Å². The summed E-state index contributed by atoms with van der Waals surface area (Å²) in [6, 6.07) is 1.47. The van der Waals surface area contributed by atoms with Crippen molar-refractivity contribution in [2.75, 3.05) is 11.4 Å². The SMILES string of the molecule is O=[N+]([O-])c1cnc(N2CCCCC2c2noc(C3CC3)n2)c(Br)c1. The molecular weight excluding hydrogens is 378 g/mol. The van der Waals surface area contributed by atoms with E-state index in [0.29, 0.717) is 22.0 Å². The van der Waals surface area contributed by atoms with E-state index in [1.54, 1.807) is 0 Å². The number of nitrogens with zero attached hydrogens (tertiary/aromatic N) is 5. The van der Waals surface area contributed by atoms with Crippen LogP contribution in [0.1, 0.15) is 55.8 Å². The van der Waals surface area contributed by atoms with Crippen molar-refractivity contribution in [2.24, 2.45) is 0 Å². The van der Waals surface area contributed by atoms with Crippen LogP contribution in [-0.4, -0.2) is 26.6 Å². The van der Waals surface area contributed by atoms with Gasteiger partial charge < -0.3 is 9.42 Å². The predicted molar refractivity (Wildman–Crippen MR) is 88.8 cm³/mol. The van der Waals surface area contributed by atoms with Gasteiger partial charge in [-0.25, -0.2) is 4.98 Å². The molecule has 126 valence electrons. The maximum absolute atomic E-state index is 10.9. The Labute approximate surface area is 146 Å². The maximum atomic E-state index is 10.9. The minimum absolute atomic E-state index is 0.0137. The van der Waals surface area contributed by atoms with Gasteiger partial charge in [-0.1, -0.05) is 5.16 Å². The fourth-order valence-corrected chi connectivity index (χ4v) is 3.63. The monoisotopic (exact) mass is 393 g/mol. The lowest BCUT2D eigenvalue weighted by atomic mass is 10.0. The topological polar surface area (TPSA) is 98.2 Å². The molecule has 4 rings (SSSR count). The van der Waals surface area contributed by atoms with Crippen LogP contribution in [0.2, 0.25) is 0 Å². The van der Waals surface area contributed by atoms with Crippen LogP contribution in [0.25, 0.3) is 0 Å². The van der Waals surface area contributed by atoms with E-state index < -0.39 is 4.92 Å². The first-order valence-corrected chi connectivity index (χ1v) is 8.83. The first-order valence-electron chi connectivity index (χ1n) is 8.03. The Balaban J connectivity index is 1.64. The van der Waals surface area contributed by atoms with Crippen molar-refractivity contribution in [2.45, 2.75) is 44.1 Å². The molecule has 2 fully saturated rings. The lowest BCUT2D eigenvalue weighted by Gasteiger charge is -2.35. The standard InChI is InChI=1S/C15H16BrN5O3/c16-11-7-10(21(22)23)8-17-14(11)20-6-2-1-3-12(20)13-18-15(24-19-13)9-4-5-9/h7-9,12H,1-6H2. The van der Waals surface area contributed by atoms with E-state index in [-0.39, 0.29) is 11.7 Å². The Hall–Kier alpha value is -2.03. The van der Waals surface area contributed by atoms with Crippen molar-refractivity contribution in [1.82, 2.24) is 15.1 Å². The number of piperidine rings is 1. The maximum Gasteiger partial charge on any atom is 0.288 e. The highest BCUT2D eigenvalue weighted by atomic mass is 79.9. The molecule has 2 aromatic rings. The molecule has 3 heterocycles. The number of anilines is 1. The van der Waals surface area contributed by atoms with E-state index in [1.807, 2.05) is 0 Å². The molecule has 0 aromatic carbocycles. The molecule has 1 aliphatic carbocycles. The Bertz CT molecular complexity index is 776. The van der Waals surface area contributed by atoms with Crippen molar-refractivity contribution in [3.05, 3.63) is 38.6 Å². The summed E-state index contributed by atoms with van der Waals surface area (Å²) >= 11 is 3.42. The summed E-state index contributed by atoms with van der Waals surface area (Å²) in [6.07, 6.45) is 6.55. The molecule has 0 N–H and O–H groups in total. The molecule has 9 heteroatoms. The van der Waals surface area contributed by atoms with Gasteiger partial charge in [0.25, 0.3) is 5.69 Å². The zero-order valence-electron chi connectivity index (χ0n) is 12.9. The van der Waals surface area contributed by atoms with Crippen LogP contribution in [0.15, 0.2) is 21.3 Å². The third-order valence-electron chi connectivity index (χ3n) is 4.48. The Morgan fingerprint density at radius 2 is 2.17 bits per heavy atom. The number of hydrogen-bond acceptors (Lipinski definition) is 7. The summed E-state index contributed by atoms with van der Waals surface area (Å²) in [5.41, 5.74) is -0.0326. The molecule has 0 amide bonds. The molecule has 2 aromatic heterocycles. The van der Waals surface area contributed by atoms with Gasteiger partial charge in [-0.05, 0) is 48.0 Å². The molecule has 2 aliphatic rings. The molecule has 0 radical (unpaired) electrons. The minimum atomic E-state index is -0.448. The lowest BCUT2D eigenvalue weighted by Crippen LogP contribution is -2.35. The number of hydrogen-bond donors (Lipinski definition) is 0. The summed E-state index contributed by atoms with van der Waals surface area (Å²) in [6.45, 7) is 0.807. The van der Waals surface area contributed by atoms with Crippen molar-refractivity contribution < 1.29 is 9.45 Å². The van der Waals surface area contributed by atoms with Crippen molar-refractivity contribution in [1.29, 1.82) is 0 Å². The summed E-state index contributed by atoms with van der Waals surface area (Å²) in [4.78, 5) is 21.4. The molecule has 1 saturated heterocycles. The minimum Gasteiger partial charge on any atom is -0.345 e. The molecule has 0 spiro atoms. The van der Waals surface area contributed by atoms with Crippen molar-refractivity contribution in [3.8, 4) is 0 Å². The average Bonchev–Trinajstić information content (AvgIpc) is 3.32. The number of halogens is 1. The highest BCUT2D eigenvalue weighted by Crippen LogP contribution is 2.41. The van der Waals surface area contributed by atoms with E-state index in [9.17, 15) is 10.1 Å². The third kappa shape index (κ3) is 2.88. The van der Waals surface area contributed by atoms with E-state index >= 15 is 0 Å². The van der Waals surface area contributed by atoms with Gasteiger partial charge >= 0.3 is 0 Å². The fourth-order valence-electron chi connectivity index (χ4n) is 3.06. The number of pyridine rings is 1. The molecule has 8 nitrogen and oxygen atoms in total. The molecule has 1 unspecified atom stereocenters. The smallest absolute Gasteiger partial charge is 0.288 e. The van der Waals surface area contributed by atoms with Crippen LogP contribution in [0, 0.1) is 10.1 Å². The molecular formula is C15H16BrN5O3. The lowest BCUT2D eigenvalue weighted by molar-refractivity contribution is -0.385. The molecule has 1 atom stereocenters. The van der Waals surface area contributed by atoms with Gasteiger partial charge in [-0.2, -0.15) is 4.98 Å². The first kappa shape index (κ1) is 15.5. The van der Waals surface area contributed by atoms with Crippen LogP contribution in [-0.2, 0) is 0 Å². The normalized spacial score (nSPS) is 21.0. The van der Waals surface area contributed by atoms with E-state index in [4.69, 9.17) is 4.52 Å². The highest BCUT2D eigenvalue weighted by molar-refractivity contribution is 9.10. The van der Waals surface area contributed by atoms with Gasteiger partial charge in [0.1, 0.15) is 12.0 Å². The summed E-state index contributed by atoms with van der Waals surface area (Å²) in [7, 11) is 0. The number of aromatic nitrogens is 3. The van der Waals surface area contributed by atoms with E-state index in [1.165, 1.54) is 12.3 Å². The zero-order valence-corrected chi connectivity index (χ0v) is 14.5. The average molecular weight is 394 g/mol. The largest absolute Gasteiger partial charge is 0.345 e. The first-order chi connectivity index (χ1) is 11.6. The van der Waals surface area contributed by atoms with Gasteiger partial charge in [0.05, 0.1) is 15.4 Å².